The number of nitrogens with one attached hydrogen (secondary N) is 1. The predicted octanol–water partition coefficient (Wildman–Crippen LogP) is 1.43. The van der Waals surface area contributed by atoms with Gasteiger partial charge in [0.2, 0.25) is 0 Å². The van der Waals surface area contributed by atoms with Crippen molar-refractivity contribution >= 4 is 0 Å². The maximum absolute atomic E-state index is 5.83. The fraction of sp³-hybridized carbons (Fsp3) is 1.00. The summed E-state index contributed by atoms with van der Waals surface area (Å²) in [6.07, 6.45) is 5.15. The summed E-state index contributed by atoms with van der Waals surface area (Å²) in [4.78, 5) is 0. The van der Waals surface area contributed by atoms with E-state index in [9.17, 15) is 0 Å². The van der Waals surface area contributed by atoms with E-state index in [4.69, 9.17) is 9.47 Å². The van der Waals surface area contributed by atoms with Gasteiger partial charge in [-0.05, 0) is 38.6 Å². The van der Waals surface area contributed by atoms with E-state index >= 15 is 0 Å². The Balaban J connectivity index is 1.74. The predicted molar refractivity (Wildman–Crippen MR) is 60.0 cm³/mol. The molecule has 3 nitrogen and oxygen atoms in total. The molecule has 0 bridgehead atoms. The van der Waals surface area contributed by atoms with Crippen molar-refractivity contribution in [3.05, 3.63) is 0 Å². The van der Waals surface area contributed by atoms with E-state index in [0.717, 1.165) is 38.9 Å². The van der Waals surface area contributed by atoms with Crippen LogP contribution >= 0.6 is 0 Å². The highest BCUT2D eigenvalue weighted by Gasteiger charge is 2.33. The number of ether oxygens (including phenoxy) is 2. The molecule has 1 unspecified atom stereocenters. The standard InChI is InChI=1S/C12H23NO2/c1-13-8-12(5-2-6-14-9-12)10-15-7-11-3-4-11/h11,13H,2-10H2,1H3. The number of hydrogen-bond acceptors (Lipinski definition) is 3. The fourth-order valence-corrected chi connectivity index (χ4v) is 2.32. The molecule has 0 aromatic carbocycles. The zero-order valence-corrected chi connectivity index (χ0v) is 9.76. The Morgan fingerprint density at radius 2 is 2.33 bits per heavy atom. The second-order valence-corrected chi connectivity index (χ2v) is 5.14. The van der Waals surface area contributed by atoms with Crippen LogP contribution in [0.15, 0.2) is 0 Å². The third-order valence-corrected chi connectivity index (χ3v) is 3.41. The topological polar surface area (TPSA) is 30.5 Å². The van der Waals surface area contributed by atoms with Gasteiger partial charge in [0.1, 0.15) is 0 Å². The first-order chi connectivity index (χ1) is 7.35. The van der Waals surface area contributed by atoms with Crippen LogP contribution in [-0.4, -0.2) is 40.0 Å². The summed E-state index contributed by atoms with van der Waals surface area (Å²) in [5.41, 5.74) is 0.238. The lowest BCUT2D eigenvalue weighted by Gasteiger charge is -2.36. The van der Waals surface area contributed by atoms with Gasteiger partial charge in [-0.2, -0.15) is 0 Å². The lowest BCUT2D eigenvalue weighted by atomic mass is 9.83. The van der Waals surface area contributed by atoms with E-state index in [-0.39, 0.29) is 5.41 Å². The van der Waals surface area contributed by atoms with Gasteiger partial charge in [-0.3, -0.25) is 0 Å². The molecule has 0 radical (unpaired) electrons. The SMILES string of the molecule is CNCC1(COCC2CC2)CCCOC1. The average Bonchev–Trinajstić information content (AvgIpc) is 3.04. The molecule has 0 spiro atoms. The second-order valence-electron chi connectivity index (χ2n) is 5.14. The van der Waals surface area contributed by atoms with Crippen molar-refractivity contribution in [2.45, 2.75) is 25.7 Å². The fourth-order valence-electron chi connectivity index (χ4n) is 2.32. The summed E-state index contributed by atoms with van der Waals surface area (Å²) >= 11 is 0. The molecule has 15 heavy (non-hydrogen) atoms. The number of hydrogen-bond donors (Lipinski definition) is 1. The molecular formula is C12H23NO2. The van der Waals surface area contributed by atoms with Crippen LogP contribution in [0.1, 0.15) is 25.7 Å². The molecule has 2 rings (SSSR count). The molecule has 1 atom stereocenters. The van der Waals surface area contributed by atoms with Gasteiger partial charge in [0.05, 0.1) is 13.2 Å². The third-order valence-electron chi connectivity index (χ3n) is 3.41. The Labute approximate surface area is 92.5 Å². The summed E-state index contributed by atoms with van der Waals surface area (Å²) in [5, 5.41) is 3.27. The van der Waals surface area contributed by atoms with Crippen molar-refractivity contribution in [2.75, 3.05) is 40.0 Å². The highest BCUT2D eigenvalue weighted by atomic mass is 16.5. The van der Waals surface area contributed by atoms with Crippen LogP contribution < -0.4 is 5.32 Å². The van der Waals surface area contributed by atoms with E-state index in [1.807, 2.05) is 7.05 Å². The van der Waals surface area contributed by atoms with Gasteiger partial charge in [-0.15, -0.1) is 0 Å². The lowest BCUT2D eigenvalue weighted by molar-refractivity contribution is -0.0588. The van der Waals surface area contributed by atoms with Crippen molar-refractivity contribution in [3.8, 4) is 0 Å². The van der Waals surface area contributed by atoms with Crippen LogP contribution in [0.3, 0.4) is 0 Å². The minimum atomic E-state index is 0.238. The third kappa shape index (κ3) is 3.44. The average molecular weight is 213 g/mol. The van der Waals surface area contributed by atoms with Crippen molar-refractivity contribution in [1.29, 1.82) is 0 Å². The van der Waals surface area contributed by atoms with Gasteiger partial charge in [-0.25, -0.2) is 0 Å². The van der Waals surface area contributed by atoms with Gasteiger partial charge in [0.15, 0.2) is 0 Å². The van der Waals surface area contributed by atoms with Crippen LogP contribution in [0.5, 0.6) is 0 Å². The Hall–Kier alpha value is -0.120. The molecule has 1 N–H and O–H groups in total. The Bertz CT molecular complexity index is 181. The normalized spacial score (nSPS) is 31.8. The second kappa shape index (κ2) is 5.28. The molecule has 1 saturated carbocycles. The van der Waals surface area contributed by atoms with Crippen molar-refractivity contribution < 1.29 is 9.47 Å². The summed E-state index contributed by atoms with van der Waals surface area (Å²) in [7, 11) is 2.01. The van der Waals surface area contributed by atoms with Gasteiger partial charge < -0.3 is 14.8 Å². The first-order valence-electron chi connectivity index (χ1n) is 6.15. The molecule has 1 heterocycles. The highest BCUT2D eigenvalue weighted by molar-refractivity contribution is 4.84. The van der Waals surface area contributed by atoms with Crippen LogP contribution in [0.4, 0.5) is 0 Å². The van der Waals surface area contributed by atoms with Crippen LogP contribution in [-0.2, 0) is 9.47 Å². The highest BCUT2D eigenvalue weighted by Crippen LogP contribution is 2.32. The van der Waals surface area contributed by atoms with E-state index in [1.54, 1.807) is 0 Å². The van der Waals surface area contributed by atoms with Crippen molar-refractivity contribution in [2.24, 2.45) is 11.3 Å². The van der Waals surface area contributed by atoms with E-state index in [2.05, 4.69) is 5.32 Å². The van der Waals surface area contributed by atoms with E-state index < -0.39 is 0 Å². The molecule has 2 aliphatic rings. The van der Waals surface area contributed by atoms with Crippen molar-refractivity contribution in [3.63, 3.8) is 0 Å². The molecule has 2 fully saturated rings. The first kappa shape index (κ1) is 11.4. The molecule has 1 aliphatic heterocycles. The minimum Gasteiger partial charge on any atom is -0.381 e. The molecule has 88 valence electrons. The molecule has 0 aromatic heterocycles. The maximum atomic E-state index is 5.83. The number of rotatable bonds is 6. The van der Waals surface area contributed by atoms with Crippen molar-refractivity contribution in [1.82, 2.24) is 5.32 Å². The van der Waals surface area contributed by atoms with Gasteiger partial charge >= 0.3 is 0 Å². The van der Waals surface area contributed by atoms with Gasteiger partial charge in [0.25, 0.3) is 0 Å². The molecule has 3 heteroatoms. The smallest absolute Gasteiger partial charge is 0.0556 e. The summed E-state index contributed by atoms with van der Waals surface area (Å²) in [6.45, 7) is 4.63. The molecule has 0 aromatic rings. The monoisotopic (exact) mass is 213 g/mol. The summed E-state index contributed by atoms with van der Waals surface area (Å²) in [6, 6.07) is 0. The Morgan fingerprint density at radius 3 is 2.93 bits per heavy atom. The molecule has 1 saturated heterocycles. The zero-order chi connectivity index (χ0) is 10.6. The quantitative estimate of drug-likeness (QED) is 0.724. The van der Waals surface area contributed by atoms with Gasteiger partial charge in [-0.1, -0.05) is 0 Å². The summed E-state index contributed by atoms with van der Waals surface area (Å²) < 4.78 is 11.4. The zero-order valence-electron chi connectivity index (χ0n) is 9.76. The largest absolute Gasteiger partial charge is 0.381 e. The maximum Gasteiger partial charge on any atom is 0.0556 e. The first-order valence-corrected chi connectivity index (χ1v) is 6.15. The molecule has 0 amide bonds. The van der Waals surface area contributed by atoms with E-state index in [0.29, 0.717) is 0 Å². The molecule has 1 aliphatic carbocycles. The van der Waals surface area contributed by atoms with Crippen LogP contribution in [0, 0.1) is 11.3 Å². The van der Waals surface area contributed by atoms with Gasteiger partial charge in [0, 0.05) is 25.2 Å². The summed E-state index contributed by atoms with van der Waals surface area (Å²) in [5.74, 6) is 0.862. The van der Waals surface area contributed by atoms with Crippen LogP contribution in [0.25, 0.3) is 0 Å². The lowest BCUT2D eigenvalue weighted by Crippen LogP contribution is -2.43. The minimum absolute atomic E-state index is 0.238. The van der Waals surface area contributed by atoms with Crippen LogP contribution in [0.2, 0.25) is 0 Å². The van der Waals surface area contributed by atoms with E-state index in [1.165, 1.54) is 25.7 Å². The Kier molecular flexibility index (Phi) is 4.00. The molecular weight excluding hydrogens is 190 g/mol. The Morgan fingerprint density at radius 1 is 1.47 bits per heavy atom.